The van der Waals surface area contributed by atoms with Gasteiger partial charge in [0, 0.05) is 6.42 Å². The van der Waals surface area contributed by atoms with Crippen molar-refractivity contribution in [1.82, 2.24) is 10.2 Å². The van der Waals surface area contributed by atoms with E-state index >= 15 is 0 Å². The largest absolute Gasteiger partial charge is 0.493 e. The lowest BCUT2D eigenvalue weighted by Gasteiger charge is -2.23. The van der Waals surface area contributed by atoms with Crippen LogP contribution in [0.5, 0.6) is 11.5 Å². The van der Waals surface area contributed by atoms with E-state index in [1.165, 1.54) is 16.2 Å². The van der Waals surface area contributed by atoms with Crippen molar-refractivity contribution in [1.29, 1.82) is 0 Å². The molecule has 0 saturated heterocycles. The molecule has 2 aromatic carbocycles. The molecule has 9 heteroatoms. The molecule has 192 valence electrons. The topological polar surface area (TPSA) is 94.8 Å². The average Bonchev–Trinajstić information content (AvgIpc) is 3.47. The van der Waals surface area contributed by atoms with Crippen LogP contribution in [0.25, 0.3) is 11.0 Å². The standard InChI is InChI=1S/C28H29N3O5S/c1-5-7-13-35-20-12-10-17(15-21(20)34-4)24-23-25(32)18-14-16(3)9-11-19(18)36-26(23)27(33)31(24)28-30-29-22(37-28)8-6-2/h9-12,14-15,24H,5-8,13H2,1-4H3. The van der Waals surface area contributed by atoms with E-state index in [9.17, 15) is 9.59 Å². The molecule has 0 N–H and O–H groups in total. The lowest BCUT2D eigenvalue weighted by Crippen LogP contribution is -2.29. The highest BCUT2D eigenvalue weighted by molar-refractivity contribution is 7.15. The molecule has 0 radical (unpaired) electrons. The van der Waals surface area contributed by atoms with Crippen LogP contribution in [-0.4, -0.2) is 29.8 Å². The summed E-state index contributed by atoms with van der Waals surface area (Å²) in [7, 11) is 1.57. The maximum Gasteiger partial charge on any atom is 0.297 e. The van der Waals surface area contributed by atoms with Crippen molar-refractivity contribution in [3.05, 3.63) is 74.1 Å². The molecule has 1 aliphatic heterocycles. The van der Waals surface area contributed by atoms with Crippen LogP contribution in [-0.2, 0) is 6.42 Å². The molecule has 0 spiro atoms. The van der Waals surface area contributed by atoms with E-state index in [2.05, 4.69) is 24.0 Å². The molecule has 0 saturated carbocycles. The first-order chi connectivity index (χ1) is 18.0. The third-order valence-electron chi connectivity index (χ3n) is 6.41. The van der Waals surface area contributed by atoms with E-state index in [1.54, 1.807) is 19.2 Å². The number of hydrogen-bond donors (Lipinski definition) is 0. The zero-order valence-electron chi connectivity index (χ0n) is 21.4. The smallest absolute Gasteiger partial charge is 0.297 e. The van der Waals surface area contributed by atoms with Crippen LogP contribution >= 0.6 is 11.3 Å². The van der Waals surface area contributed by atoms with E-state index in [4.69, 9.17) is 13.9 Å². The number of fused-ring (bicyclic) bond motifs is 2. The van der Waals surface area contributed by atoms with Gasteiger partial charge in [0.2, 0.25) is 10.9 Å². The number of carbonyl (C=O) groups is 1. The lowest BCUT2D eigenvalue weighted by molar-refractivity contribution is 0.0970. The summed E-state index contributed by atoms with van der Waals surface area (Å²) in [6, 6.07) is 10.1. The molecule has 1 aliphatic rings. The quantitative estimate of drug-likeness (QED) is 0.256. The number of hydrogen-bond acceptors (Lipinski definition) is 8. The number of rotatable bonds is 9. The van der Waals surface area contributed by atoms with Gasteiger partial charge in [0.1, 0.15) is 10.6 Å². The van der Waals surface area contributed by atoms with Gasteiger partial charge in [0.25, 0.3) is 5.91 Å². The summed E-state index contributed by atoms with van der Waals surface area (Å²) in [5.41, 5.74) is 2.06. The lowest BCUT2D eigenvalue weighted by atomic mass is 9.98. The summed E-state index contributed by atoms with van der Waals surface area (Å²) in [5, 5.41) is 10.3. The number of unbranched alkanes of at least 4 members (excludes halogenated alkanes) is 1. The molecule has 0 aliphatic carbocycles. The highest BCUT2D eigenvalue weighted by atomic mass is 32.1. The van der Waals surface area contributed by atoms with E-state index in [0.29, 0.717) is 39.8 Å². The number of methoxy groups -OCH3 is 1. The van der Waals surface area contributed by atoms with Crippen LogP contribution in [0, 0.1) is 6.92 Å². The van der Waals surface area contributed by atoms with Crippen LogP contribution in [0.2, 0.25) is 0 Å². The Labute approximate surface area is 218 Å². The Bertz CT molecular complexity index is 1530. The van der Waals surface area contributed by atoms with Gasteiger partial charge < -0.3 is 13.9 Å². The van der Waals surface area contributed by atoms with Gasteiger partial charge in [-0.25, -0.2) is 0 Å². The van der Waals surface area contributed by atoms with Gasteiger partial charge in [-0.3, -0.25) is 14.5 Å². The van der Waals surface area contributed by atoms with Gasteiger partial charge in [-0.05, 0) is 49.6 Å². The molecule has 3 heterocycles. The molecule has 1 atom stereocenters. The summed E-state index contributed by atoms with van der Waals surface area (Å²) in [4.78, 5) is 29.2. The molecule has 1 amide bonds. The van der Waals surface area contributed by atoms with Crippen molar-refractivity contribution in [3.63, 3.8) is 0 Å². The van der Waals surface area contributed by atoms with Crippen molar-refractivity contribution in [2.75, 3.05) is 18.6 Å². The number of carbonyl (C=O) groups excluding carboxylic acids is 1. The summed E-state index contributed by atoms with van der Waals surface area (Å²) < 4.78 is 17.6. The summed E-state index contributed by atoms with van der Waals surface area (Å²) in [6.07, 6.45) is 3.61. The first-order valence-electron chi connectivity index (χ1n) is 12.5. The van der Waals surface area contributed by atoms with Crippen LogP contribution in [0.3, 0.4) is 0 Å². The number of anilines is 1. The fourth-order valence-electron chi connectivity index (χ4n) is 4.56. The SMILES string of the molecule is CCCCOc1ccc(C2c3c(oc4ccc(C)cc4c3=O)C(=O)N2c2nnc(CCC)s2)cc1OC. The first-order valence-corrected chi connectivity index (χ1v) is 13.3. The van der Waals surface area contributed by atoms with Gasteiger partial charge >= 0.3 is 0 Å². The summed E-state index contributed by atoms with van der Waals surface area (Å²) in [5.74, 6) is 0.749. The minimum absolute atomic E-state index is 0.0285. The number of aryl methyl sites for hydroxylation is 2. The van der Waals surface area contributed by atoms with Crippen molar-refractivity contribution < 1.29 is 18.7 Å². The number of benzene rings is 2. The Morgan fingerprint density at radius 1 is 1.05 bits per heavy atom. The third-order valence-corrected chi connectivity index (χ3v) is 7.39. The number of nitrogens with zero attached hydrogens (tertiary/aromatic N) is 3. The van der Waals surface area contributed by atoms with Crippen LogP contribution in [0.4, 0.5) is 5.13 Å². The molecule has 37 heavy (non-hydrogen) atoms. The molecule has 8 nitrogen and oxygen atoms in total. The second kappa shape index (κ2) is 10.3. The Kier molecular flexibility index (Phi) is 6.97. The van der Waals surface area contributed by atoms with Gasteiger partial charge in [-0.15, -0.1) is 10.2 Å². The number of amides is 1. The van der Waals surface area contributed by atoms with Gasteiger partial charge in [-0.1, -0.05) is 49.3 Å². The maximum atomic E-state index is 13.9. The summed E-state index contributed by atoms with van der Waals surface area (Å²) >= 11 is 1.35. The molecular formula is C28H29N3O5S. The van der Waals surface area contributed by atoms with Crippen molar-refractivity contribution in [2.45, 2.75) is 52.5 Å². The molecule has 0 fully saturated rings. The molecule has 1 unspecified atom stereocenters. The van der Waals surface area contributed by atoms with Crippen molar-refractivity contribution in [2.24, 2.45) is 0 Å². The Hall–Kier alpha value is -3.72. The zero-order chi connectivity index (χ0) is 26.1. The van der Waals surface area contributed by atoms with E-state index < -0.39 is 11.9 Å². The fourth-order valence-corrected chi connectivity index (χ4v) is 5.52. The van der Waals surface area contributed by atoms with E-state index in [-0.39, 0.29) is 16.8 Å². The predicted octanol–water partition coefficient (Wildman–Crippen LogP) is 5.84. The number of ether oxygens (including phenoxy) is 2. The second-order valence-corrected chi connectivity index (χ2v) is 10.1. The minimum atomic E-state index is -0.746. The van der Waals surface area contributed by atoms with Crippen LogP contribution in [0.15, 0.2) is 45.6 Å². The third kappa shape index (κ3) is 4.48. The fraction of sp³-hybridized carbons (Fsp3) is 0.357. The summed E-state index contributed by atoms with van der Waals surface area (Å²) in [6.45, 7) is 6.65. The Morgan fingerprint density at radius 2 is 1.89 bits per heavy atom. The second-order valence-electron chi connectivity index (χ2n) is 9.09. The van der Waals surface area contributed by atoms with Crippen molar-refractivity contribution in [3.8, 4) is 11.5 Å². The van der Waals surface area contributed by atoms with Gasteiger partial charge in [-0.2, -0.15) is 0 Å². The zero-order valence-corrected chi connectivity index (χ0v) is 22.2. The first kappa shape index (κ1) is 25.0. The average molecular weight is 520 g/mol. The predicted molar refractivity (Wildman–Crippen MR) is 143 cm³/mol. The van der Waals surface area contributed by atoms with E-state index in [1.807, 2.05) is 31.2 Å². The van der Waals surface area contributed by atoms with Gasteiger partial charge in [0.15, 0.2) is 16.9 Å². The molecule has 2 aromatic heterocycles. The van der Waals surface area contributed by atoms with Crippen molar-refractivity contribution >= 4 is 33.3 Å². The minimum Gasteiger partial charge on any atom is -0.493 e. The molecular weight excluding hydrogens is 490 g/mol. The van der Waals surface area contributed by atoms with E-state index in [0.717, 1.165) is 36.3 Å². The molecule has 4 aromatic rings. The molecule has 5 rings (SSSR count). The van der Waals surface area contributed by atoms with Crippen LogP contribution in [0.1, 0.15) is 71.4 Å². The normalized spacial score (nSPS) is 14.9. The maximum absolute atomic E-state index is 13.9. The Balaban J connectivity index is 1.69. The van der Waals surface area contributed by atoms with Gasteiger partial charge in [0.05, 0.1) is 30.7 Å². The highest BCUT2D eigenvalue weighted by Crippen LogP contribution is 2.44. The monoisotopic (exact) mass is 519 g/mol. The molecule has 0 bridgehead atoms. The Morgan fingerprint density at radius 3 is 2.65 bits per heavy atom. The number of aromatic nitrogens is 2. The van der Waals surface area contributed by atoms with Crippen LogP contribution < -0.4 is 19.8 Å². The highest BCUT2D eigenvalue weighted by Gasteiger charge is 2.45.